The lowest BCUT2D eigenvalue weighted by atomic mass is 10.2. The zero-order valence-electron chi connectivity index (χ0n) is 7.94. The van der Waals surface area contributed by atoms with E-state index in [0.717, 1.165) is 35.2 Å². The molecule has 1 aromatic rings. The highest BCUT2D eigenvalue weighted by molar-refractivity contribution is 9.11. The third-order valence-corrected chi connectivity index (χ3v) is 3.72. The first-order valence-corrected chi connectivity index (χ1v) is 6.25. The number of hydrogen-bond acceptors (Lipinski definition) is 5. The third-order valence-electron chi connectivity index (χ3n) is 2.32. The lowest BCUT2D eigenvalue weighted by Crippen LogP contribution is -2.35. The summed E-state index contributed by atoms with van der Waals surface area (Å²) in [5.74, 6) is 0. The molecule has 2 heterocycles. The van der Waals surface area contributed by atoms with Crippen molar-refractivity contribution in [1.82, 2.24) is 10.2 Å². The number of likely N-dealkylation sites (N-methyl/N-ethyl adjacent to an activating group) is 1. The number of aromatic nitrogens is 2. The van der Waals surface area contributed by atoms with Gasteiger partial charge in [-0.2, -0.15) is 0 Å². The minimum atomic E-state index is 0.472. The van der Waals surface area contributed by atoms with Gasteiger partial charge in [-0.3, -0.25) is 0 Å². The number of nitrogens with zero attached hydrogens (tertiary/aromatic N) is 3. The van der Waals surface area contributed by atoms with Crippen LogP contribution in [0.4, 0.5) is 5.13 Å². The minimum absolute atomic E-state index is 0.472. The van der Waals surface area contributed by atoms with Gasteiger partial charge < -0.3 is 9.64 Å². The van der Waals surface area contributed by atoms with E-state index < -0.39 is 0 Å². The van der Waals surface area contributed by atoms with E-state index in [4.69, 9.17) is 4.74 Å². The van der Waals surface area contributed by atoms with E-state index in [1.807, 2.05) is 0 Å². The average Bonchev–Trinajstić information content (AvgIpc) is 2.79. The summed E-state index contributed by atoms with van der Waals surface area (Å²) in [5.41, 5.74) is 0. The van der Waals surface area contributed by atoms with Crippen molar-refractivity contribution in [3.05, 3.63) is 3.92 Å². The normalized spacial score (nSPS) is 21.4. The molecule has 2 rings (SSSR count). The van der Waals surface area contributed by atoms with Crippen LogP contribution in [0.15, 0.2) is 3.92 Å². The Morgan fingerprint density at radius 3 is 3.00 bits per heavy atom. The summed E-state index contributed by atoms with van der Waals surface area (Å²) in [7, 11) is 0. The summed E-state index contributed by atoms with van der Waals surface area (Å²) in [6.45, 7) is 4.76. The van der Waals surface area contributed by atoms with Crippen LogP contribution in [0.3, 0.4) is 0 Å². The molecular weight excluding hydrogens is 266 g/mol. The van der Waals surface area contributed by atoms with Crippen molar-refractivity contribution in [2.45, 2.75) is 19.4 Å². The fourth-order valence-corrected chi connectivity index (χ4v) is 2.85. The van der Waals surface area contributed by atoms with Crippen LogP contribution in [0.2, 0.25) is 0 Å². The molecule has 0 radical (unpaired) electrons. The highest BCUT2D eigenvalue weighted by atomic mass is 79.9. The molecule has 0 aliphatic carbocycles. The van der Waals surface area contributed by atoms with Gasteiger partial charge in [0.25, 0.3) is 0 Å². The zero-order valence-corrected chi connectivity index (χ0v) is 10.3. The maximum atomic E-state index is 5.37. The van der Waals surface area contributed by atoms with E-state index in [9.17, 15) is 0 Å². The van der Waals surface area contributed by atoms with Crippen molar-refractivity contribution in [3.8, 4) is 0 Å². The van der Waals surface area contributed by atoms with Gasteiger partial charge in [0.15, 0.2) is 3.92 Å². The van der Waals surface area contributed by atoms with Gasteiger partial charge in [0.05, 0.1) is 12.6 Å². The maximum Gasteiger partial charge on any atom is 0.209 e. The second kappa shape index (κ2) is 4.55. The molecule has 14 heavy (non-hydrogen) atoms. The molecule has 0 aromatic carbocycles. The van der Waals surface area contributed by atoms with Crippen LogP contribution in [-0.2, 0) is 4.74 Å². The van der Waals surface area contributed by atoms with Crippen LogP contribution in [0.25, 0.3) is 0 Å². The molecule has 78 valence electrons. The second-order valence-electron chi connectivity index (χ2n) is 3.14. The van der Waals surface area contributed by atoms with Crippen LogP contribution in [-0.4, -0.2) is 36.0 Å². The number of ether oxygens (including phenoxy) is 1. The predicted octanol–water partition coefficient (Wildman–Crippen LogP) is 1.92. The Hall–Kier alpha value is -0.200. The van der Waals surface area contributed by atoms with Crippen molar-refractivity contribution < 1.29 is 4.74 Å². The highest BCUT2D eigenvalue weighted by Gasteiger charge is 2.24. The van der Waals surface area contributed by atoms with Crippen molar-refractivity contribution >= 4 is 32.4 Å². The monoisotopic (exact) mass is 277 g/mol. The third kappa shape index (κ3) is 2.07. The van der Waals surface area contributed by atoms with Crippen LogP contribution in [0, 0.1) is 0 Å². The largest absolute Gasteiger partial charge is 0.379 e. The minimum Gasteiger partial charge on any atom is -0.379 e. The fraction of sp³-hybridized carbons (Fsp3) is 0.750. The molecule has 4 nitrogen and oxygen atoms in total. The Bertz CT molecular complexity index is 301. The predicted molar refractivity (Wildman–Crippen MR) is 59.9 cm³/mol. The summed E-state index contributed by atoms with van der Waals surface area (Å²) < 4.78 is 6.21. The summed E-state index contributed by atoms with van der Waals surface area (Å²) in [6.07, 6.45) is 1.09. The van der Waals surface area contributed by atoms with Gasteiger partial charge in [-0.1, -0.05) is 11.3 Å². The molecule has 0 spiro atoms. The van der Waals surface area contributed by atoms with Crippen molar-refractivity contribution in [1.29, 1.82) is 0 Å². The molecule has 0 amide bonds. The van der Waals surface area contributed by atoms with Crippen LogP contribution < -0.4 is 4.90 Å². The Labute approximate surface area is 95.4 Å². The summed E-state index contributed by atoms with van der Waals surface area (Å²) >= 11 is 4.90. The molecule has 1 aromatic heterocycles. The number of hydrogen-bond donors (Lipinski definition) is 0. The van der Waals surface area contributed by atoms with Crippen molar-refractivity contribution in [3.63, 3.8) is 0 Å². The van der Waals surface area contributed by atoms with Crippen molar-refractivity contribution in [2.75, 3.05) is 24.7 Å². The average molecular weight is 278 g/mol. The Morgan fingerprint density at radius 1 is 1.64 bits per heavy atom. The number of anilines is 1. The van der Waals surface area contributed by atoms with Gasteiger partial charge in [0.1, 0.15) is 0 Å². The summed E-state index contributed by atoms with van der Waals surface area (Å²) in [6, 6.07) is 0.472. The van der Waals surface area contributed by atoms with Gasteiger partial charge in [0.2, 0.25) is 5.13 Å². The Balaban J connectivity index is 2.12. The molecule has 1 atom stereocenters. The molecule has 1 aliphatic heterocycles. The smallest absolute Gasteiger partial charge is 0.209 e. The van der Waals surface area contributed by atoms with E-state index in [1.165, 1.54) is 0 Å². The van der Waals surface area contributed by atoms with Crippen molar-refractivity contribution in [2.24, 2.45) is 0 Å². The summed E-state index contributed by atoms with van der Waals surface area (Å²) in [4.78, 5) is 2.26. The molecule has 1 fully saturated rings. The first-order valence-electron chi connectivity index (χ1n) is 4.64. The van der Waals surface area contributed by atoms with E-state index in [-0.39, 0.29) is 0 Å². The summed E-state index contributed by atoms with van der Waals surface area (Å²) in [5, 5.41) is 9.06. The quantitative estimate of drug-likeness (QED) is 0.846. The van der Waals surface area contributed by atoms with Gasteiger partial charge in [-0.25, -0.2) is 0 Å². The molecule has 0 saturated carbocycles. The van der Waals surface area contributed by atoms with Gasteiger partial charge in [-0.15, -0.1) is 10.2 Å². The zero-order chi connectivity index (χ0) is 9.97. The van der Waals surface area contributed by atoms with Crippen LogP contribution in [0.1, 0.15) is 13.3 Å². The highest BCUT2D eigenvalue weighted by Crippen LogP contribution is 2.27. The molecule has 1 unspecified atom stereocenters. The van der Waals surface area contributed by atoms with E-state index >= 15 is 0 Å². The Morgan fingerprint density at radius 2 is 2.50 bits per heavy atom. The van der Waals surface area contributed by atoms with E-state index in [2.05, 4.69) is 38.0 Å². The van der Waals surface area contributed by atoms with Crippen LogP contribution in [0.5, 0.6) is 0 Å². The lowest BCUT2D eigenvalue weighted by molar-refractivity contribution is 0.193. The topological polar surface area (TPSA) is 38.2 Å². The molecule has 0 N–H and O–H groups in total. The fourth-order valence-electron chi connectivity index (χ4n) is 1.63. The number of halogens is 1. The van der Waals surface area contributed by atoms with E-state index in [0.29, 0.717) is 6.04 Å². The first-order chi connectivity index (χ1) is 6.81. The number of rotatable bonds is 3. The van der Waals surface area contributed by atoms with E-state index in [1.54, 1.807) is 11.3 Å². The van der Waals surface area contributed by atoms with Gasteiger partial charge in [0, 0.05) is 13.2 Å². The standard InChI is InChI=1S/C8H12BrN3OS/c1-2-12(6-3-4-13-5-6)8-11-10-7(9)14-8/h6H,2-5H2,1H3. The SMILES string of the molecule is CCN(c1nnc(Br)s1)C1CCOC1. The molecule has 0 bridgehead atoms. The first kappa shape index (κ1) is 10.3. The Kier molecular flexibility index (Phi) is 3.35. The second-order valence-corrected chi connectivity index (χ2v) is 5.37. The molecule has 1 saturated heterocycles. The molecular formula is C8H12BrN3OS. The maximum absolute atomic E-state index is 5.37. The lowest BCUT2D eigenvalue weighted by Gasteiger charge is -2.25. The van der Waals surface area contributed by atoms with Crippen LogP contribution >= 0.6 is 27.3 Å². The van der Waals surface area contributed by atoms with Gasteiger partial charge in [-0.05, 0) is 29.3 Å². The molecule has 1 aliphatic rings. The van der Waals surface area contributed by atoms with Gasteiger partial charge >= 0.3 is 0 Å². The molecule has 6 heteroatoms.